The molecule has 0 bridgehead atoms. The van der Waals surface area contributed by atoms with Crippen LogP contribution >= 0.6 is 23.5 Å². The Labute approximate surface area is 65.5 Å². The highest BCUT2D eigenvalue weighted by atomic mass is 32.2. The summed E-state index contributed by atoms with van der Waals surface area (Å²) in [6.45, 7) is 2.31. The molecule has 0 radical (unpaired) electrons. The van der Waals surface area contributed by atoms with Crippen LogP contribution in [0.25, 0.3) is 0 Å². The molecular weight excluding hydrogens is 148 g/mol. The predicted molar refractivity (Wildman–Crippen MR) is 47.8 cm³/mol. The van der Waals surface area contributed by atoms with Gasteiger partial charge in [0.15, 0.2) is 0 Å². The molecule has 2 heteroatoms. The van der Waals surface area contributed by atoms with Gasteiger partial charge in [-0.1, -0.05) is 13.0 Å². The van der Waals surface area contributed by atoms with Crippen LogP contribution in [0.15, 0.2) is 10.3 Å². The van der Waals surface area contributed by atoms with Crippen molar-refractivity contribution in [3.8, 4) is 0 Å². The van der Waals surface area contributed by atoms with Crippen LogP contribution in [0.3, 0.4) is 0 Å². The molecule has 0 spiro atoms. The van der Waals surface area contributed by atoms with Crippen LogP contribution in [0.1, 0.15) is 13.3 Å². The standard InChI is InChI=1S/C7H12S2/c1-6-3-4-7(8-2)9-5-6/h4,6H,3,5H2,1-2H3. The lowest BCUT2D eigenvalue weighted by atomic mass is 10.1. The molecule has 1 unspecified atom stereocenters. The van der Waals surface area contributed by atoms with Gasteiger partial charge in [-0.05, 0) is 18.6 Å². The second-order valence-electron chi connectivity index (χ2n) is 2.38. The minimum atomic E-state index is 0.894. The predicted octanol–water partition coefficient (Wildman–Crippen LogP) is 2.96. The lowest BCUT2D eigenvalue weighted by molar-refractivity contribution is 0.672. The summed E-state index contributed by atoms with van der Waals surface area (Å²) < 4.78 is 1.51. The Kier molecular flexibility index (Phi) is 2.99. The minimum absolute atomic E-state index is 0.894. The van der Waals surface area contributed by atoms with Crippen molar-refractivity contribution >= 4 is 23.5 Å². The first-order chi connectivity index (χ1) is 4.33. The van der Waals surface area contributed by atoms with Crippen molar-refractivity contribution in [2.24, 2.45) is 5.92 Å². The maximum Gasteiger partial charge on any atom is 0.0358 e. The number of rotatable bonds is 1. The average Bonchev–Trinajstić information content (AvgIpc) is 1.90. The van der Waals surface area contributed by atoms with Crippen LogP contribution < -0.4 is 0 Å². The Morgan fingerprint density at radius 3 is 3.00 bits per heavy atom. The van der Waals surface area contributed by atoms with Crippen molar-refractivity contribution in [3.05, 3.63) is 10.3 Å². The van der Waals surface area contributed by atoms with E-state index in [1.54, 1.807) is 0 Å². The SMILES string of the molecule is CSC1=CCC(C)CS1. The summed E-state index contributed by atoms with van der Waals surface area (Å²) in [5.74, 6) is 2.21. The molecule has 52 valence electrons. The van der Waals surface area contributed by atoms with Crippen molar-refractivity contribution in [1.82, 2.24) is 0 Å². The number of hydrogen-bond donors (Lipinski definition) is 0. The zero-order valence-electron chi connectivity index (χ0n) is 5.89. The summed E-state index contributed by atoms with van der Waals surface area (Å²) in [6, 6.07) is 0. The largest absolute Gasteiger partial charge is 0.123 e. The first-order valence-corrected chi connectivity index (χ1v) is 5.41. The van der Waals surface area contributed by atoms with Gasteiger partial charge in [-0.2, -0.15) is 0 Å². The van der Waals surface area contributed by atoms with Crippen molar-refractivity contribution in [1.29, 1.82) is 0 Å². The lowest BCUT2D eigenvalue weighted by Crippen LogP contribution is -2.00. The first kappa shape index (κ1) is 7.55. The number of thioether (sulfide) groups is 2. The fourth-order valence-electron chi connectivity index (χ4n) is 0.791. The molecule has 1 aliphatic rings. The van der Waals surface area contributed by atoms with E-state index in [4.69, 9.17) is 0 Å². The Hall–Kier alpha value is 0.440. The van der Waals surface area contributed by atoms with Crippen LogP contribution in [0.2, 0.25) is 0 Å². The van der Waals surface area contributed by atoms with Gasteiger partial charge in [-0.25, -0.2) is 0 Å². The number of allylic oxidation sites excluding steroid dienone is 1. The maximum atomic E-state index is 2.35. The van der Waals surface area contributed by atoms with E-state index in [-0.39, 0.29) is 0 Å². The molecule has 0 nitrogen and oxygen atoms in total. The van der Waals surface area contributed by atoms with Gasteiger partial charge < -0.3 is 0 Å². The Morgan fingerprint density at radius 1 is 1.78 bits per heavy atom. The topological polar surface area (TPSA) is 0 Å². The van der Waals surface area contributed by atoms with Crippen molar-refractivity contribution in [3.63, 3.8) is 0 Å². The average molecular weight is 160 g/mol. The quantitative estimate of drug-likeness (QED) is 0.578. The summed E-state index contributed by atoms with van der Waals surface area (Å²) in [5.41, 5.74) is 0. The monoisotopic (exact) mass is 160 g/mol. The zero-order valence-corrected chi connectivity index (χ0v) is 7.52. The molecule has 9 heavy (non-hydrogen) atoms. The van der Waals surface area contributed by atoms with Gasteiger partial charge >= 0.3 is 0 Å². The van der Waals surface area contributed by atoms with E-state index < -0.39 is 0 Å². The molecule has 1 heterocycles. The summed E-state index contributed by atoms with van der Waals surface area (Å²) >= 11 is 3.87. The second kappa shape index (κ2) is 3.57. The van der Waals surface area contributed by atoms with Crippen molar-refractivity contribution in [2.45, 2.75) is 13.3 Å². The van der Waals surface area contributed by atoms with E-state index in [0.717, 1.165) is 5.92 Å². The maximum absolute atomic E-state index is 2.35. The highest BCUT2D eigenvalue weighted by molar-refractivity contribution is 8.22. The molecule has 1 atom stereocenters. The van der Waals surface area contributed by atoms with E-state index in [0.29, 0.717) is 0 Å². The Morgan fingerprint density at radius 2 is 2.56 bits per heavy atom. The molecule has 0 saturated carbocycles. The van der Waals surface area contributed by atoms with Gasteiger partial charge in [0.25, 0.3) is 0 Å². The summed E-state index contributed by atoms with van der Waals surface area (Å²) in [6.07, 6.45) is 5.78. The lowest BCUT2D eigenvalue weighted by Gasteiger charge is -2.15. The van der Waals surface area contributed by atoms with Gasteiger partial charge in [0.05, 0.1) is 0 Å². The van der Waals surface area contributed by atoms with Crippen molar-refractivity contribution < 1.29 is 0 Å². The molecule has 0 N–H and O–H groups in total. The van der Waals surface area contributed by atoms with Crippen LogP contribution in [0, 0.1) is 5.92 Å². The van der Waals surface area contributed by atoms with Crippen LogP contribution in [0.5, 0.6) is 0 Å². The smallest absolute Gasteiger partial charge is 0.0358 e. The van der Waals surface area contributed by atoms with Crippen molar-refractivity contribution in [2.75, 3.05) is 12.0 Å². The molecule has 0 fully saturated rings. The highest BCUT2D eigenvalue weighted by Crippen LogP contribution is 2.33. The minimum Gasteiger partial charge on any atom is -0.123 e. The normalized spacial score (nSPS) is 27.8. The van der Waals surface area contributed by atoms with E-state index >= 15 is 0 Å². The van der Waals surface area contributed by atoms with Gasteiger partial charge in [-0.3, -0.25) is 0 Å². The molecule has 0 aromatic heterocycles. The fraction of sp³-hybridized carbons (Fsp3) is 0.714. The summed E-state index contributed by atoms with van der Waals surface area (Å²) in [4.78, 5) is 0. The number of hydrogen-bond acceptors (Lipinski definition) is 2. The second-order valence-corrected chi connectivity index (χ2v) is 4.55. The van der Waals surface area contributed by atoms with Crippen LogP contribution in [0.4, 0.5) is 0 Å². The molecule has 0 amide bonds. The molecule has 1 aliphatic heterocycles. The van der Waals surface area contributed by atoms with E-state index in [1.165, 1.54) is 16.4 Å². The first-order valence-electron chi connectivity index (χ1n) is 3.20. The summed E-state index contributed by atoms with van der Waals surface area (Å²) in [5, 5.41) is 0. The van der Waals surface area contributed by atoms with Crippen LogP contribution in [-0.2, 0) is 0 Å². The van der Waals surface area contributed by atoms with Gasteiger partial charge in [0.1, 0.15) is 0 Å². The van der Waals surface area contributed by atoms with Gasteiger partial charge in [0, 0.05) is 9.99 Å². The third-order valence-electron chi connectivity index (χ3n) is 1.40. The van der Waals surface area contributed by atoms with E-state index in [2.05, 4.69) is 19.3 Å². The Bertz CT molecular complexity index is 118. The van der Waals surface area contributed by atoms with Gasteiger partial charge in [-0.15, -0.1) is 23.5 Å². The third-order valence-corrected chi connectivity index (χ3v) is 4.01. The fourth-order valence-corrected chi connectivity index (χ4v) is 2.53. The van der Waals surface area contributed by atoms with Crippen LogP contribution in [-0.4, -0.2) is 12.0 Å². The molecule has 0 saturated heterocycles. The zero-order chi connectivity index (χ0) is 6.69. The highest BCUT2D eigenvalue weighted by Gasteiger charge is 2.08. The molecule has 0 aromatic rings. The molecule has 0 aromatic carbocycles. The van der Waals surface area contributed by atoms with Gasteiger partial charge in [0.2, 0.25) is 0 Å². The Balaban J connectivity index is 2.40. The molecule has 1 rings (SSSR count). The molecule has 0 aliphatic carbocycles. The third kappa shape index (κ3) is 2.26. The summed E-state index contributed by atoms with van der Waals surface area (Å²) in [7, 11) is 0. The van der Waals surface area contributed by atoms with E-state index in [1.807, 2.05) is 23.5 Å². The van der Waals surface area contributed by atoms with E-state index in [9.17, 15) is 0 Å². The molecular formula is C7H12S2.